The second-order valence-corrected chi connectivity index (χ2v) is 7.84. The van der Waals surface area contributed by atoms with Crippen molar-refractivity contribution in [1.82, 2.24) is 9.62 Å². The zero-order valence-corrected chi connectivity index (χ0v) is 14.0. The monoisotopic (exact) mass is 311 g/mol. The zero-order chi connectivity index (χ0) is 15.8. The van der Waals surface area contributed by atoms with Crippen LogP contribution < -0.4 is 10.5 Å². The number of nitrogens with zero attached hydrogens (tertiary/aromatic N) is 1. The number of rotatable bonds is 3. The van der Waals surface area contributed by atoms with E-state index in [-0.39, 0.29) is 10.9 Å². The summed E-state index contributed by atoms with van der Waals surface area (Å²) in [7, 11) is -1.44. The van der Waals surface area contributed by atoms with E-state index in [2.05, 4.69) is 23.6 Å². The second kappa shape index (κ2) is 5.94. The Morgan fingerprint density at radius 2 is 2.00 bits per heavy atom. The van der Waals surface area contributed by atoms with E-state index in [4.69, 9.17) is 5.73 Å². The lowest BCUT2D eigenvalue weighted by Gasteiger charge is -2.35. The van der Waals surface area contributed by atoms with E-state index >= 15 is 0 Å². The van der Waals surface area contributed by atoms with Gasteiger partial charge >= 0.3 is 0 Å². The van der Waals surface area contributed by atoms with Crippen LogP contribution in [0.3, 0.4) is 0 Å². The van der Waals surface area contributed by atoms with Gasteiger partial charge < -0.3 is 10.6 Å². The molecular weight excluding hydrogens is 286 g/mol. The van der Waals surface area contributed by atoms with Crippen molar-refractivity contribution in [3.63, 3.8) is 0 Å². The van der Waals surface area contributed by atoms with Gasteiger partial charge in [0.15, 0.2) is 0 Å². The molecule has 2 atom stereocenters. The molecule has 0 aromatic heterocycles. The molecule has 21 heavy (non-hydrogen) atoms. The molecule has 0 saturated carbocycles. The molecule has 0 aliphatic carbocycles. The van der Waals surface area contributed by atoms with Crippen molar-refractivity contribution in [3.05, 3.63) is 23.3 Å². The summed E-state index contributed by atoms with van der Waals surface area (Å²) >= 11 is 0. The highest BCUT2D eigenvalue weighted by molar-refractivity contribution is 7.89. The van der Waals surface area contributed by atoms with Gasteiger partial charge in [-0.05, 0) is 70.5 Å². The first-order valence-electron chi connectivity index (χ1n) is 7.30. The van der Waals surface area contributed by atoms with Crippen LogP contribution in [0.15, 0.2) is 17.0 Å². The molecule has 0 amide bonds. The number of aryl methyl sites for hydroxylation is 1. The maximum absolute atomic E-state index is 12.5. The van der Waals surface area contributed by atoms with E-state index < -0.39 is 10.0 Å². The average molecular weight is 311 g/mol. The third-order valence-corrected chi connectivity index (χ3v) is 6.02. The topological polar surface area (TPSA) is 75.4 Å². The largest absolute Gasteiger partial charge is 0.398 e. The molecule has 5 nitrogen and oxygen atoms in total. The first kappa shape index (κ1) is 16.3. The van der Waals surface area contributed by atoms with Gasteiger partial charge in [-0.2, -0.15) is 0 Å². The Morgan fingerprint density at radius 3 is 2.57 bits per heavy atom. The predicted octanol–water partition coefficient (Wildman–Crippen LogP) is 1.65. The van der Waals surface area contributed by atoms with Crippen LogP contribution in [0.1, 0.15) is 30.9 Å². The van der Waals surface area contributed by atoms with Crippen molar-refractivity contribution in [2.75, 3.05) is 19.3 Å². The maximum atomic E-state index is 12.5. The van der Waals surface area contributed by atoms with Crippen LogP contribution in [0.2, 0.25) is 0 Å². The van der Waals surface area contributed by atoms with Gasteiger partial charge in [0.2, 0.25) is 10.0 Å². The summed E-state index contributed by atoms with van der Waals surface area (Å²) in [4.78, 5) is 2.51. The average Bonchev–Trinajstić information content (AvgIpc) is 2.39. The third-order valence-electron chi connectivity index (χ3n) is 4.52. The zero-order valence-electron chi connectivity index (χ0n) is 13.2. The minimum absolute atomic E-state index is 0.0102. The number of nitrogens with one attached hydrogen (secondary N) is 1. The van der Waals surface area contributed by atoms with Gasteiger partial charge in [0.05, 0.1) is 4.90 Å². The van der Waals surface area contributed by atoms with Crippen molar-refractivity contribution in [1.29, 1.82) is 0 Å². The van der Waals surface area contributed by atoms with Gasteiger partial charge in [0.25, 0.3) is 0 Å². The minimum Gasteiger partial charge on any atom is -0.398 e. The van der Waals surface area contributed by atoms with E-state index in [0.29, 0.717) is 11.7 Å². The van der Waals surface area contributed by atoms with E-state index in [9.17, 15) is 8.42 Å². The molecule has 1 heterocycles. The fourth-order valence-corrected chi connectivity index (χ4v) is 4.09. The van der Waals surface area contributed by atoms with Gasteiger partial charge in [-0.15, -0.1) is 0 Å². The molecule has 0 radical (unpaired) electrons. The van der Waals surface area contributed by atoms with Crippen LogP contribution in [0, 0.1) is 13.8 Å². The number of anilines is 1. The number of nitrogen functional groups attached to an aromatic ring is 1. The van der Waals surface area contributed by atoms with E-state index in [1.165, 1.54) is 0 Å². The third kappa shape index (κ3) is 3.56. The number of benzene rings is 1. The molecule has 0 spiro atoms. The van der Waals surface area contributed by atoms with Crippen LogP contribution in [-0.4, -0.2) is 39.0 Å². The molecule has 1 aliphatic rings. The van der Waals surface area contributed by atoms with Crippen LogP contribution in [0.25, 0.3) is 0 Å². The number of sulfonamides is 1. The minimum atomic E-state index is -3.51. The highest BCUT2D eigenvalue weighted by Crippen LogP contribution is 2.23. The Bertz CT molecular complexity index is 605. The van der Waals surface area contributed by atoms with Gasteiger partial charge in [-0.3, -0.25) is 0 Å². The predicted molar refractivity (Wildman–Crippen MR) is 85.8 cm³/mol. The lowest BCUT2D eigenvalue weighted by atomic mass is 10.0. The number of nitrogens with two attached hydrogens (primary N) is 1. The SMILES string of the molecule is Cc1cc(S(=O)(=O)NC2CCN(C)C(C)C2)cc(N)c1C. The lowest BCUT2D eigenvalue weighted by Crippen LogP contribution is -2.47. The number of piperidine rings is 1. The first-order chi connectivity index (χ1) is 9.70. The van der Waals surface area contributed by atoms with Crippen molar-refractivity contribution in [3.8, 4) is 0 Å². The van der Waals surface area contributed by atoms with Gasteiger partial charge in [0, 0.05) is 17.8 Å². The van der Waals surface area contributed by atoms with Gasteiger partial charge in [-0.1, -0.05) is 0 Å². The fourth-order valence-electron chi connectivity index (χ4n) is 2.69. The summed E-state index contributed by atoms with van der Waals surface area (Å²) in [6.45, 7) is 6.80. The van der Waals surface area contributed by atoms with Crippen LogP contribution in [0.5, 0.6) is 0 Å². The van der Waals surface area contributed by atoms with Crippen molar-refractivity contribution in [2.45, 2.75) is 50.6 Å². The lowest BCUT2D eigenvalue weighted by molar-refractivity contribution is 0.178. The first-order valence-corrected chi connectivity index (χ1v) is 8.78. The number of hydrogen-bond acceptors (Lipinski definition) is 4. The molecule has 0 bridgehead atoms. The highest BCUT2D eigenvalue weighted by Gasteiger charge is 2.27. The summed E-state index contributed by atoms with van der Waals surface area (Å²) in [6, 6.07) is 3.61. The Hall–Kier alpha value is -1.11. The molecule has 2 rings (SSSR count). The Morgan fingerprint density at radius 1 is 1.33 bits per heavy atom. The molecule has 1 aromatic carbocycles. The molecule has 1 fully saturated rings. The van der Waals surface area contributed by atoms with E-state index in [1.54, 1.807) is 12.1 Å². The summed E-state index contributed by atoms with van der Waals surface area (Å²) in [5, 5.41) is 0. The van der Waals surface area contributed by atoms with Crippen molar-refractivity contribution < 1.29 is 8.42 Å². The summed E-state index contributed by atoms with van der Waals surface area (Å²) < 4.78 is 27.9. The fraction of sp³-hybridized carbons (Fsp3) is 0.600. The Kier molecular flexibility index (Phi) is 4.60. The Labute approximate surface area is 127 Å². The molecule has 1 aliphatic heterocycles. The molecule has 118 valence electrons. The smallest absolute Gasteiger partial charge is 0.240 e. The van der Waals surface area contributed by atoms with Crippen LogP contribution in [0.4, 0.5) is 5.69 Å². The molecule has 2 unspecified atom stereocenters. The van der Waals surface area contributed by atoms with E-state index in [1.807, 2.05) is 13.8 Å². The van der Waals surface area contributed by atoms with Crippen LogP contribution in [-0.2, 0) is 10.0 Å². The van der Waals surface area contributed by atoms with Crippen LogP contribution >= 0.6 is 0 Å². The van der Waals surface area contributed by atoms with E-state index in [0.717, 1.165) is 30.5 Å². The standard InChI is InChI=1S/C15H25N3O2S/c1-10-7-14(9-15(16)12(10)3)21(19,20)17-13-5-6-18(4)11(2)8-13/h7,9,11,13,17H,5-6,8,16H2,1-4H3. The highest BCUT2D eigenvalue weighted by atomic mass is 32.2. The second-order valence-electron chi connectivity index (χ2n) is 6.13. The molecular formula is C15H25N3O2S. The number of hydrogen-bond donors (Lipinski definition) is 2. The molecule has 1 aromatic rings. The van der Waals surface area contributed by atoms with Crippen molar-refractivity contribution >= 4 is 15.7 Å². The normalized spacial score (nSPS) is 24.2. The molecule has 1 saturated heterocycles. The Balaban J connectivity index is 2.19. The quantitative estimate of drug-likeness (QED) is 0.832. The summed E-state index contributed by atoms with van der Waals surface area (Å²) in [6.07, 6.45) is 1.66. The van der Waals surface area contributed by atoms with Gasteiger partial charge in [0.1, 0.15) is 0 Å². The summed E-state index contributed by atoms with van der Waals surface area (Å²) in [5.74, 6) is 0. The van der Waals surface area contributed by atoms with Crippen molar-refractivity contribution in [2.24, 2.45) is 0 Å². The van der Waals surface area contributed by atoms with Gasteiger partial charge in [-0.25, -0.2) is 13.1 Å². The maximum Gasteiger partial charge on any atom is 0.240 e. The molecule has 3 N–H and O–H groups in total. The summed E-state index contributed by atoms with van der Waals surface area (Å²) in [5.41, 5.74) is 8.24. The molecule has 6 heteroatoms. The number of likely N-dealkylation sites (tertiary alicyclic amines) is 1.